The van der Waals surface area contributed by atoms with Crippen molar-refractivity contribution in [2.75, 3.05) is 5.75 Å². The molecule has 0 amide bonds. The Morgan fingerprint density at radius 2 is 1.52 bits per heavy atom. The van der Waals surface area contributed by atoms with Gasteiger partial charge < -0.3 is 4.74 Å². The van der Waals surface area contributed by atoms with E-state index in [1.165, 1.54) is 0 Å². The molecule has 12 heteroatoms. The Morgan fingerprint density at radius 1 is 1.09 bits per heavy atom. The van der Waals surface area contributed by atoms with Crippen molar-refractivity contribution >= 4 is 16.1 Å². The lowest BCUT2D eigenvalue weighted by molar-refractivity contribution is -0.361. The lowest BCUT2D eigenvalue weighted by Gasteiger charge is -2.35. The van der Waals surface area contributed by atoms with Crippen LogP contribution in [-0.4, -0.2) is 42.6 Å². The fourth-order valence-corrected chi connectivity index (χ4v) is 2.53. The molecule has 0 radical (unpaired) electrons. The van der Waals surface area contributed by atoms with E-state index in [9.17, 15) is 39.6 Å². The molecule has 0 aliphatic heterocycles. The summed E-state index contributed by atoms with van der Waals surface area (Å²) in [6, 6.07) is 0. The summed E-state index contributed by atoms with van der Waals surface area (Å²) in [5, 5.41) is 0. The molecule has 23 heavy (non-hydrogen) atoms. The third-order valence-corrected chi connectivity index (χ3v) is 3.52. The van der Waals surface area contributed by atoms with Crippen LogP contribution < -0.4 is 0 Å². The Kier molecular flexibility index (Phi) is 6.91. The van der Waals surface area contributed by atoms with E-state index in [2.05, 4.69) is 4.74 Å². The average Bonchev–Trinajstić information content (AvgIpc) is 2.22. The van der Waals surface area contributed by atoms with Gasteiger partial charge in [0.1, 0.15) is 5.75 Å². The highest BCUT2D eigenvalue weighted by Gasteiger charge is 2.75. The first-order valence-corrected chi connectivity index (χ1v) is 7.93. The van der Waals surface area contributed by atoms with E-state index in [0.29, 0.717) is 6.42 Å². The molecule has 1 N–H and O–H groups in total. The minimum atomic E-state index is -6.28. The monoisotopic (exact) mass is 374 g/mol. The molecule has 0 saturated heterocycles. The van der Waals surface area contributed by atoms with Crippen LogP contribution in [0, 0.1) is 5.92 Å². The average molecular weight is 374 g/mol. The minimum absolute atomic E-state index is 0.0336. The third kappa shape index (κ3) is 6.53. The molecule has 138 valence electrons. The van der Waals surface area contributed by atoms with Crippen LogP contribution in [0.1, 0.15) is 33.1 Å². The normalized spacial score (nSPS) is 14.2. The molecule has 0 aliphatic carbocycles. The van der Waals surface area contributed by atoms with Crippen LogP contribution in [0.4, 0.5) is 26.3 Å². The van der Waals surface area contributed by atoms with Crippen molar-refractivity contribution in [1.82, 2.24) is 0 Å². The predicted molar refractivity (Wildman–Crippen MR) is 66.0 cm³/mol. The second-order valence-corrected chi connectivity index (χ2v) is 6.76. The maximum absolute atomic E-state index is 12.8. The van der Waals surface area contributed by atoms with E-state index in [0.717, 1.165) is 0 Å². The zero-order valence-electron chi connectivity index (χ0n) is 12.2. The molecule has 0 aliphatic rings. The predicted octanol–water partition coefficient (Wildman–Crippen LogP) is 3.11. The van der Waals surface area contributed by atoms with Gasteiger partial charge in [0, 0.05) is 6.42 Å². The molecule has 0 heterocycles. The number of carbonyl (C=O) groups excluding carboxylic acids is 1. The van der Waals surface area contributed by atoms with Crippen LogP contribution in [0.15, 0.2) is 0 Å². The van der Waals surface area contributed by atoms with Gasteiger partial charge in [-0.05, 0) is 12.3 Å². The van der Waals surface area contributed by atoms with Crippen molar-refractivity contribution in [3.63, 3.8) is 0 Å². The molecule has 0 rings (SSSR count). The molecule has 0 fully saturated rings. The van der Waals surface area contributed by atoms with Gasteiger partial charge in [-0.2, -0.15) is 34.8 Å². The molecule has 0 aromatic carbocycles. The highest BCUT2D eigenvalue weighted by molar-refractivity contribution is 7.85. The topological polar surface area (TPSA) is 80.7 Å². The molecular formula is C11H16F6O5S. The number of carbonyl (C=O) groups is 1. The fourth-order valence-electron chi connectivity index (χ4n) is 1.63. The van der Waals surface area contributed by atoms with Crippen molar-refractivity contribution in [1.29, 1.82) is 0 Å². The number of hydrogen-bond donors (Lipinski definition) is 1. The summed E-state index contributed by atoms with van der Waals surface area (Å²) in [7, 11) is -5.74. The van der Waals surface area contributed by atoms with Crippen molar-refractivity contribution in [2.24, 2.45) is 5.92 Å². The van der Waals surface area contributed by atoms with Gasteiger partial charge >= 0.3 is 23.9 Å². The summed E-state index contributed by atoms with van der Waals surface area (Å²) < 4.78 is 110. The number of halogens is 6. The van der Waals surface area contributed by atoms with Crippen molar-refractivity contribution in [3.05, 3.63) is 0 Å². The lowest BCUT2D eigenvalue weighted by atomic mass is 10.0. The van der Waals surface area contributed by atoms with Crippen LogP contribution in [-0.2, 0) is 19.6 Å². The van der Waals surface area contributed by atoms with Gasteiger partial charge in [-0.25, -0.2) is 0 Å². The second-order valence-electron chi connectivity index (χ2n) is 5.31. The molecule has 5 nitrogen and oxygen atoms in total. The van der Waals surface area contributed by atoms with Crippen LogP contribution in [0.3, 0.4) is 0 Å². The Hall–Kier alpha value is -1.04. The highest BCUT2D eigenvalue weighted by Crippen LogP contribution is 2.47. The van der Waals surface area contributed by atoms with Crippen molar-refractivity contribution in [2.45, 2.75) is 51.1 Å². The summed E-state index contributed by atoms with van der Waals surface area (Å²) in [5.41, 5.74) is -5.32. The Balaban J connectivity index is 5.55. The number of hydrogen-bond acceptors (Lipinski definition) is 4. The largest absolute Gasteiger partial charge is 0.438 e. The van der Waals surface area contributed by atoms with E-state index in [1.54, 1.807) is 13.8 Å². The van der Waals surface area contributed by atoms with Gasteiger partial charge in [0.2, 0.25) is 0 Å². The van der Waals surface area contributed by atoms with Gasteiger partial charge in [-0.1, -0.05) is 20.3 Å². The quantitative estimate of drug-likeness (QED) is 0.421. The van der Waals surface area contributed by atoms with Crippen LogP contribution in [0.2, 0.25) is 0 Å². The van der Waals surface area contributed by atoms with Crippen LogP contribution >= 0.6 is 0 Å². The zero-order valence-corrected chi connectivity index (χ0v) is 13.0. The van der Waals surface area contributed by atoms with Crippen molar-refractivity contribution < 1.29 is 48.8 Å². The molecule has 0 saturated carbocycles. The molecule has 0 bridgehead atoms. The van der Waals surface area contributed by atoms with Gasteiger partial charge in [-0.3, -0.25) is 9.35 Å². The van der Waals surface area contributed by atoms with Gasteiger partial charge in [0.15, 0.2) is 0 Å². The van der Waals surface area contributed by atoms with Gasteiger partial charge in [0.05, 0.1) is 0 Å². The molecule has 0 aromatic rings. The first-order chi connectivity index (χ1) is 10.0. The third-order valence-electron chi connectivity index (χ3n) is 2.75. The standard InChI is InChI=1S/C11H16F6O5S/c1-7(2)4-3-5-8(18)22-9(10(12,13)14,11(15,16)17)6-23(19,20)21/h7H,3-6H2,1-2H3,(H,19,20,21). The smallest absolute Gasteiger partial charge is 0.438 e. The minimum Gasteiger partial charge on any atom is -0.438 e. The molecular weight excluding hydrogens is 358 g/mol. The first kappa shape index (κ1) is 22.0. The van der Waals surface area contributed by atoms with Gasteiger partial charge in [-0.15, -0.1) is 0 Å². The number of ether oxygens (including phenoxy) is 1. The molecule has 0 aromatic heterocycles. The SMILES string of the molecule is CC(C)CCCC(=O)OC(CS(=O)(=O)O)(C(F)(F)F)C(F)(F)F. The lowest BCUT2D eigenvalue weighted by Crippen LogP contribution is -2.63. The highest BCUT2D eigenvalue weighted by atomic mass is 32.2. The molecule has 0 atom stereocenters. The Labute approximate surface area is 128 Å². The summed E-state index contributed by atoms with van der Waals surface area (Å²) in [5.74, 6) is -4.66. The van der Waals surface area contributed by atoms with Crippen molar-refractivity contribution in [3.8, 4) is 0 Å². The molecule has 0 spiro atoms. The summed E-state index contributed by atoms with van der Waals surface area (Å²) in [6.07, 6.45) is -13.0. The van der Waals surface area contributed by atoms with E-state index < -0.39 is 46.2 Å². The van der Waals surface area contributed by atoms with E-state index in [1.807, 2.05) is 0 Å². The summed E-state index contributed by atoms with van der Waals surface area (Å²) >= 11 is 0. The van der Waals surface area contributed by atoms with E-state index >= 15 is 0 Å². The molecule has 0 unspecified atom stereocenters. The number of esters is 1. The first-order valence-electron chi connectivity index (χ1n) is 6.32. The van der Waals surface area contributed by atoms with Crippen LogP contribution in [0.25, 0.3) is 0 Å². The summed E-state index contributed by atoms with van der Waals surface area (Å²) in [6.45, 7) is 3.44. The van der Waals surface area contributed by atoms with Crippen LogP contribution in [0.5, 0.6) is 0 Å². The van der Waals surface area contributed by atoms with E-state index in [-0.39, 0.29) is 12.3 Å². The second kappa shape index (κ2) is 7.24. The Bertz CT molecular complexity index is 494. The van der Waals surface area contributed by atoms with Gasteiger partial charge in [0.25, 0.3) is 10.1 Å². The maximum Gasteiger partial charge on any atom is 0.438 e. The maximum atomic E-state index is 12.8. The van der Waals surface area contributed by atoms with E-state index in [4.69, 9.17) is 4.55 Å². The Morgan fingerprint density at radius 3 is 1.83 bits per heavy atom. The summed E-state index contributed by atoms with van der Waals surface area (Å²) in [4.78, 5) is 11.3. The zero-order chi connectivity index (χ0) is 18.7. The fraction of sp³-hybridized carbons (Fsp3) is 0.909. The number of rotatable bonds is 7. The number of alkyl halides is 6.